The summed E-state index contributed by atoms with van der Waals surface area (Å²) in [7, 11) is 0. The monoisotopic (exact) mass is 536 g/mol. The molecule has 0 aliphatic heterocycles. The van der Waals surface area contributed by atoms with Crippen molar-refractivity contribution in [2.75, 3.05) is 0 Å². The molecule has 0 heteroatoms. The zero-order valence-corrected chi connectivity index (χ0v) is 27.3. The smallest absolute Gasteiger partial charge is 0.0104 e. The second-order valence-electron chi connectivity index (χ2n) is 13.3. The molecule has 40 heavy (non-hydrogen) atoms. The molecule has 0 amide bonds. The molecule has 2 rings (SSSR count). The molecule has 0 bridgehead atoms. The van der Waals surface area contributed by atoms with E-state index in [1.807, 2.05) is 0 Å². The van der Waals surface area contributed by atoms with Gasteiger partial charge in [-0.3, -0.25) is 0 Å². The van der Waals surface area contributed by atoms with E-state index in [-0.39, 0.29) is 0 Å². The standard InChI is InChI=1S/C40H56/c1-31(19-13-21-33(3)25-27-37-35(5)23-15-29-39(37,7)8)17-11-12-18-32(2)20-14-22-34(4)26-28-38-36(6)24-16-30-40(38,9)10/h11-14,17-22,25-28H,15-16,23-24,29-30H2,1-10H3/b12-11+,19-13-,20-14+,27-25+,28-26+,31-17+,32-18+,33-21-,34-22+. The molecule has 0 atom stereocenters. The van der Waals surface area contributed by atoms with Gasteiger partial charge in [-0.2, -0.15) is 0 Å². The topological polar surface area (TPSA) is 0 Å². The zero-order valence-electron chi connectivity index (χ0n) is 27.3. The predicted molar refractivity (Wildman–Crippen MR) is 181 cm³/mol. The van der Waals surface area contributed by atoms with Crippen LogP contribution < -0.4 is 0 Å². The van der Waals surface area contributed by atoms with Crippen molar-refractivity contribution in [3.63, 3.8) is 0 Å². The fourth-order valence-electron chi connectivity index (χ4n) is 5.79. The maximum absolute atomic E-state index is 2.37. The molecule has 0 aromatic carbocycles. The Hall–Kier alpha value is -2.86. The van der Waals surface area contributed by atoms with Gasteiger partial charge in [-0.25, -0.2) is 0 Å². The van der Waals surface area contributed by atoms with Gasteiger partial charge in [-0.1, -0.05) is 146 Å². The van der Waals surface area contributed by atoms with Gasteiger partial charge < -0.3 is 0 Å². The molecule has 2 aliphatic rings. The summed E-state index contributed by atoms with van der Waals surface area (Å²) in [5, 5.41) is 0. The van der Waals surface area contributed by atoms with E-state index in [1.54, 1.807) is 11.1 Å². The van der Waals surface area contributed by atoms with Crippen molar-refractivity contribution in [3.8, 4) is 0 Å². The Morgan fingerprint density at radius 3 is 1.18 bits per heavy atom. The van der Waals surface area contributed by atoms with Gasteiger partial charge >= 0.3 is 0 Å². The van der Waals surface area contributed by atoms with Crippen molar-refractivity contribution >= 4 is 0 Å². The van der Waals surface area contributed by atoms with Gasteiger partial charge in [-0.05, 0) is 102 Å². The molecule has 0 N–H and O–H groups in total. The second-order valence-corrected chi connectivity index (χ2v) is 13.3. The summed E-state index contributed by atoms with van der Waals surface area (Å²) in [6.07, 6.45) is 38.4. The molecular weight excluding hydrogens is 480 g/mol. The Balaban J connectivity index is 1.89. The van der Waals surface area contributed by atoms with E-state index in [4.69, 9.17) is 0 Å². The third kappa shape index (κ3) is 11.3. The summed E-state index contributed by atoms with van der Waals surface area (Å²) in [6.45, 7) is 22.7. The molecule has 0 heterocycles. The summed E-state index contributed by atoms with van der Waals surface area (Å²) in [4.78, 5) is 0. The number of hydrogen-bond donors (Lipinski definition) is 0. The Kier molecular flexibility index (Phi) is 13.2. The van der Waals surface area contributed by atoms with E-state index in [0.29, 0.717) is 10.8 Å². The minimum atomic E-state index is 0.291. The SMILES string of the molecule is CC1=C(/C=C/C(C)=C\C=C/C(C)=C/C=C/C=C(C)/C=C/C=C(C)/C=C/C2=C(C)CCCC2(C)C)C(C)(C)CCC1. The fourth-order valence-corrected chi connectivity index (χ4v) is 5.79. The van der Waals surface area contributed by atoms with Gasteiger partial charge in [0.1, 0.15) is 0 Å². The second kappa shape index (κ2) is 15.8. The van der Waals surface area contributed by atoms with E-state index < -0.39 is 0 Å². The van der Waals surface area contributed by atoms with E-state index in [2.05, 4.69) is 154 Å². The van der Waals surface area contributed by atoms with E-state index in [9.17, 15) is 0 Å². The quantitative estimate of drug-likeness (QED) is 0.244. The van der Waals surface area contributed by atoms with Gasteiger partial charge in [0.05, 0.1) is 0 Å². The first-order valence-corrected chi connectivity index (χ1v) is 15.3. The summed E-state index contributed by atoms with van der Waals surface area (Å²) >= 11 is 0. The fraction of sp³-hybridized carbons (Fsp3) is 0.450. The first-order valence-electron chi connectivity index (χ1n) is 15.3. The van der Waals surface area contributed by atoms with Crippen molar-refractivity contribution in [3.05, 3.63) is 130 Å². The van der Waals surface area contributed by atoms with Crippen molar-refractivity contribution in [2.24, 2.45) is 10.8 Å². The Morgan fingerprint density at radius 1 is 0.500 bits per heavy atom. The highest BCUT2D eigenvalue weighted by Gasteiger charge is 2.27. The van der Waals surface area contributed by atoms with Crippen LogP contribution in [-0.2, 0) is 0 Å². The molecule has 0 unspecified atom stereocenters. The summed E-state index contributed by atoms with van der Waals surface area (Å²) < 4.78 is 0. The molecule has 216 valence electrons. The van der Waals surface area contributed by atoms with Crippen LogP contribution in [0.15, 0.2) is 130 Å². The first kappa shape index (κ1) is 33.3. The van der Waals surface area contributed by atoms with Gasteiger partial charge in [0.25, 0.3) is 0 Å². The van der Waals surface area contributed by atoms with Crippen LogP contribution in [0.2, 0.25) is 0 Å². The summed E-state index contributed by atoms with van der Waals surface area (Å²) in [6, 6.07) is 0. The molecule has 0 saturated carbocycles. The van der Waals surface area contributed by atoms with Gasteiger partial charge in [-0.15, -0.1) is 0 Å². The minimum absolute atomic E-state index is 0.291. The van der Waals surface area contributed by atoms with Crippen LogP contribution in [0.25, 0.3) is 0 Å². The van der Waals surface area contributed by atoms with Gasteiger partial charge in [0, 0.05) is 0 Å². The van der Waals surface area contributed by atoms with Crippen molar-refractivity contribution in [2.45, 2.75) is 108 Å². The first-order chi connectivity index (χ1) is 18.8. The van der Waals surface area contributed by atoms with Crippen LogP contribution in [0.4, 0.5) is 0 Å². The molecular formula is C40H56. The number of hydrogen-bond acceptors (Lipinski definition) is 0. The molecule has 0 radical (unpaired) electrons. The Morgan fingerprint density at radius 2 is 0.825 bits per heavy atom. The average molecular weight is 537 g/mol. The lowest BCUT2D eigenvalue weighted by Crippen LogP contribution is -2.19. The molecule has 0 aromatic rings. The van der Waals surface area contributed by atoms with E-state index in [1.165, 1.54) is 72.0 Å². The van der Waals surface area contributed by atoms with Crippen LogP contribution >= 0.6 is 0 Å². The molecule has 0 fully saturated rings. The van der Waals surface area contributed by atoms with Gasteiger partial charge in [0.15, 0.2) is 0 Å². The van der Waals surface area contributed by atoms with E-state index in [0.717, 1.165) is 0 Å². The Labute approximate surface area is 247 Å². The maximum atomic E-state index is 2.37. The summed E-state index contributed by atoms with van der Waals surface area (Å²) in [5.41, 5.74) is 11.7. The lowest BCUT2D eigenvalue weighted by atomic mass is 9.72. The lowest BCUT2D eigenvalue weighted by Gasteiger charge is -2.33. The largest absolute Gasteiger partial charge is 0.0696 e. The minimum Gasteiger partial charge on any atom is -0.0696 e. The third-order valence-corrected chi connectivity index (χ3v) is 8.38. The number of rotatable bonds is 10. The summed E-state index contributed by atoms with van der Waals surface area (Å²) in [5.74, 6) is 0. The average Bonchev–Trinajstić information content (AvgIpc) is 2.85. The van der Waals surface area contributed by atoms with Crippen molar-refractivity contribution < 1.29 is 0 Å². The lowest BCUT2D eigenvalue weighted by molar-refractivity contribution is 0.376. The van der Waals surface area contributed by atoms with Crippen LogP contribution in [-0.4, -0.2) is 0 Å². The Bertz CT molecular complexity index is 1120. The van der Waals surface area contributed by atoms with E-state index >= 15 is 0 Å². The highest BCUT2D eigenvalue weighted by atomic mass is 14.3. The molecule has 0 spiro atoms. The molecule has 0 saturated heterocycles. The predicted octanol–water partition coefficient (Wildman–Crippen LogP) is 12.6. The third-order valence-electron chi connectivity index (χ3n) is 8.38. The molecule has 0 aromatic heterocycles. The highest BCUT2D eigenvalue weighted by molar-refractivity contribution is 5.39. The van der Waals surface area contributed by atoms with Gasteiger partial charge in [0.2, 0.25) is 0 Å². The molecule has 0 nitrogen and oxygen atoms in total. The highest BCUT2D eigenvalue weighted by Crippen LogP contribution is 2.41. The number of allylic oxidation sites excluding steroid dienone is 22. The van der Waals surface area contributed by atoms with Crippen LogP contribution in [0.5, 0.6) is 0 Å². The van der Waals surface area contributed by atoms with Crippen molar-refractivity contribution in [1.82, 2.24) is 0 Å². The maximum Gasteiger partial charge on any atom is -0.0104 e. The van der Waals surface area contributed by atoms with Crippen LogP contribution in [0.3, 0.4) is 0 Å². The normalized spacial score (nSPS) is 21.9. The zero-order chi connectivity index (χ0) is 29.8. The van der Waals surface area contributed by atoms with Crippen LogP contribution in [0, 0.1) is 10.8 Å². The van der Waals surface area contributed by atoms with Crippen LogP contribution in [0.1, 0.15) is 108 Å². The molecule has 2 aliphatic carbocycles. The van der Waals surface area contributed by atoms with Crippen molar-refractivity contribution in [1.29, 1.82) is 0 Å².